The van der Waals surface area contributed by atoms with Crippen molar-refractivity contribution in [3.8, 4) is 0 Å². The van der Waals surface area contributed by atoms with Crippen molar-refractivity contribution in [3.05, 3.63) is 9.93 Å². The van der Waals surface area contributed by atoms with Crippen LogP contribution in [0.5, 0.6) is 0 Å². The van der Waals surface area contributed by atoms with E-state index < -0.39 is 0 Å². The number of hydrogen-bond acceptors (Lipinski definition) is 4. The molecule has 0 aromatic carbocycles. The first-order valence-electron chi connectivity index (χ1n) is 0.367. The first-order chi connectivity index (χ1) is 2.00. The van der Waals surface area contributed by atoms with Crippen LogP contribution < -0.4 is 0 Å². The molecule has 0 aliphatic heterocycles. The number of rotatable bonds is 0. The highest BCUT2D eigenvalue weighted by atomic mass is 17.0. The summed E-state index contributed by atoms with van der Waals surface area (Å²) in [5.74, 6) is 0. The van der Waals surface area contributed by atoms with Gasteiger partial charge in [0.15, 0.2) is 0 Å². The SMILES string of the molecule is C.C.C.C.O=O.OO. The molecule has 0 heterocycles. The van der Waals surface area contributed by atoms with Crippen molar-refractivity contribution >= 4 is 0 Å². The summed E-state index contributed by atoms with van der Waals surface area (Å²) in [6.45, 7) is 0. The van der Waals surface area contributed by atoms with Gasteiger partial charge in [0.05, 0.1) is 0 Å². The molecule has 0 amide bonds. The second-order valence-electron chi connectivity index (χ2n) is 0. The van der Waals surface area contributed by atoms with Crippen molar-refractivity contribution < 1.29 is 10.5 Å². The molecule has 0 aromatic heterocycles. The largest absolute Gasteiger partial charge is 0.255 e. The van der Waals surface area contributed by atoms with Gasteiger partial charge in [0.1, 0.15) is 0 Å². The molecule has 0 rings (SSSR count). The second kappa shape index (κ2) is 862. The fraction of sp³-hybridized carbons (Fsp3) is 1.00. The molecule has 0 spiro atoms. The zero-order valence-corrected chi connectivity index (χ0v) is 1.71. The molecule has 0 aliphatic rings. The van der Waals surface area contributed by atoms with E-state index in [-0.39, 0.29) is 29.7 Å². The van der Waals surface area contributed by atoms with Gasteiger partial charge in [0, 0.05) is 9.93 Å². The van der Waals surface area contributed by atoms with Gasteiger partial charge in [-0.15, -0.1) is 0 Å². The third-order valence-electron chi connectivity index (χ3n) is 0. The topological polar surface area (TPSA) is 74.6 Å². The van der Waals surface area contributed by atoms with Crippen LogP contribution in [0, 0.1) is 9.93 Å². The number of hydrogen-bond donors (Lipinski definition) is 2. The van der Waals surface area contributed by atoms with Gasteiger partial charge in [-0.1, -0.05) is 29.7 Å². The molecule has 58 valence electrons. The van der Waals surface area contributed by atoms with Crippen molar-refractivity contribution in [2.24, 2.45) is 0 Å². The van der Waals surface area contributed by atoms with Crippen LogP contribution in [0.25, 0.3) is 0 Å². The summed E-state index contributed by atoms with van der Waals surface area (Å²) < 4.78 is 0. The van der Waals surface area contributed by atoms with Gasteiger partial charge in [-0.3, -0.25) is 10.5 Å². The Labute approximate surface area is 51.3 Å². The second-order valence-corrected chi connectivity index (χ2v) is 0. The molecule has 0 fully saturated rings. The molecule has 4 nitrogen and oxygen atoms in total. The Morgan fingerprint density at radius 3 is 0.625 bits per heavy atom. The van der Waals surface area contributed by atoms with Crippen molar-refractivity contribution in [2.45, 2.75) is 29.7 Å². The minimum Gasteiger partial charge on any atom is -0.255 e. The summed E-state index contributed by atoms with van der Waals surface area (Å²) >= 11 is 0. The van der Waals surface area contributed by atoms with Gasteiger partial charge in [0.2, 0.25) is 0 Å². The molecular formula is C4H18O4. The van der Waals surface area contributed by atoms with E-state index in [1.54, 1.807) is 0 Å². The molecule has 0 saturated heterocycles. The van der Waals surface area contributed by atoms with E-state index in [1.807, 2.05) is 0 Å². The zero-order chi connectivity index (χ0) is 4.00. The Hall–Kier alpha value is -0.480. The highest BCUT2D eigenvalue weighted by molar-refractivity contribution is 4.07. The highest BCUT2D eigenvalue weighted by Gasteiger charge is 0.746. The summed E-state index contributed by atoms with van der Waals surface area (Å²) in [5.41, 5.74) is 0. The monoisotopic (exact) mass is 130 g/mol. The zero-order valence-electron chi connectivity index (χ0n) is 1.71. The Kier molecular flexibility index (Phi) is 14900. The van der Waals surface area contributed by atoms with Crippen molar-refractivity contribution in [2.75, 3.05) is 0 Å². The highest BCUT2D eigenvalue weighted by Crippen LogP contribution is 0.741. The third-order valence-corrected chi connectivity index (χ3v) is 0. The lowest BCUT2D eigenvalue weighted by Gasteiger charge is -1.25. The molecule has 8 heavy (non-hydrogen) atoms. The first kappa shape index (κ1) is 138. The molecule has 0 aliphatic carbocycles. The lowest BCUT2D eigenvalue weighted by Crippen LogP contribution is -1.29. The van der Waals surface area contributed by atoms with Gasteiger partial charge >= 0.3 is 0 Å². The fourth-order valence-electron chi connectivity index (χ4n) is 0. The summed E-state index contributed by atoms with van der Waals surface area (Å²) in [7, 11) is 0. The van der Waals surface area contributed by atoms with Crippen LogP contribution in [0.1, 0.15) is 29.7 Å². The molecule has 0 saturated carbocycles. The van der Waals surface area contributed by atoms with Crippen LogP contribution in [0.4, 0.5) is 0 Å². The van der Waals surface area contributed by atoms with Crippen molar-refractivity contribution in [1.82, 2.24) is 0 Å². The van der Waals surface area contributed by atoms with E-state index in [4.69, 9.17) is 20.4 Å². The van der Waals surface area contributed by atoms with Crippen molar-refractivity contribution in [3.63, 3.8) is 0 Å². The predicted molar refractivity (Wildman–Crippen MR) is 38.9 cm³/mol. The average molecular weight is 130 g/mol. The van der Waals surface area contributed by atoms with Crippen LogP contribution >= 0.6 is 0 Å². The lowest BCUT2D eigenvalue weighted by molar-refractivity contribution is -0.176. The molecule has 0 bridgehead atoms. The minimum atomic E-state index is 0. The standard InChI is InChI=1S/4CH4.H2O2.O2/c;;;;2*1-2/h4*1H4;1-2H;. The van der Waals surface area contributed by atoms with Crippen LogP contribution in [0.3, 0.4) is 0 Å². The maximum atomic E-state index is 7.00. The van der Waals surface area contributed by atoms with E-state index in [2.05, 4.69) is 0 Å². The van der Waals surface area contributed by atoms with E-state index in [0.29, 0.717) is 0 Å². The van der Waals surface area contributed by atoms with E-state index >= 15 is 0 Å². The van der Waals surface area contributed by atoms with E-state index in [0.717, 1.165) is 0 Å². The summed E-state index contributed by atoms with van der Waals surface area (Å²) in [5, 5.41) is 12.0. The molecule has 2 N–H and O–H groups in total. The predicted octanol–water partition coefficient (Wildman–Crippen LogP) is 2.63. The maximum absolute atomic E-state index is 7.00. The molecule has 0 atom stereocenters. The van der Waals surface area contributed by atoms with Gasteiger partial charge in [-0.2, -0.15) is 0 Å². The average Bonchev–Trinajstić information content (AvgIpc) is 1.50. The van der Waals surface area contributed by atoms with Crippen LogP contribution in [0.15, 0.2) is 0 Å². The van der Waals surface area contributed by atoms with E-state index in [9.17, 15) is 0 Å². The first-order valence-corrected chi connectivity index (χ1v) is 0.367. The van der Waals surface area contributed by atoms with Crippen molar-refractivity contribution in [1.29, 1.82) is 0 Å². The maximum Gasteiger partial charge on any atom is 0 e. The lowest BCUT2D eigenvalue weighted by atomic mass is 12.0. The minimum absolute atomic E-state index is 0. The molecule has 4 heteroatoms. The molecule has 0 aromatic rings. The molecular weight excluding hydrogens is 112 g/mol. The Morgan fingerprint density at radius 1 is 0.625 bits per heavy atom. The van der Waals surface area contributed by atoms with Crippen LogP contribution in [-0.4, -0.2) is 10.5 Å². The smallest absolute Gasteiger partial charge is 0 e. The molecule has 0 unspecified atom stereocenters. The van der Waals surface area contributed by atoms with Gasteiger partial charge in [-0.25, -0.2) is 0 Å². The third kappa shape index (κ3) is 489. The Balaban J connectivity index is -0.00000000167. The van der Waals surface area contributed by atoms with Gasteiger partial charge in [0.25, 0.3) is 0 Å². The quantitative estimate of drug-likeness (QED) is 0.390. The molecule has 0 radical (unpaired) electrons. The van der Waals surface area contributed by atoms with E-state index in [1.165, 1.54) is 0 Å². The van der Waals surface area contributed by atoms with Crippen LogP contribution in [0.2, 0.25) is 0 Å². The summed E-state index contributed by atoms with van der Waals surface area (Å²) in [6, 6.07) is 0. The Morgan fingerprint density at radius 2 is 0.625 bits per heavy atom. The van der Waals surface area contributed by atoms with Crippen LogP contribution in [-0.2, 0) is 0 Å². The van der Waals surface area contributed by atoms with Gasteiger partial charge in [-0.05, 0) is 0 Å². The fourth-order valence-corrected chi connectivity index (χ4v) is 0. The Bertz CT molecular complexity index is 8.00. The summed E-state index contributed by atoms with van der Waals surface area (Å²) in [4.78, 5) is 14.0. The summed E-state index contributed by atoms with van der Waals surface area (Å²) in [6.07, 6.45) is 0. The van der Waals surface area contributed by atoms with Gasteiger partial charge < -0.3 is 0 Å². The normalized spacial score (nSPS) is 1.25.